The average molecular weight is 180 g/mol. The summed E-state index contributed by atoms with van der Waals surface area (Å²) in [4.78, 5) is 0. The molecule has 11 heavy (non-hydrogen) atoms. The van der Waals surface area contributed by atoms with Gasteiger partial charge in [-0.1, -0.05) is 0 Å². The van der Waals surface area contributed by atoms with Crippen LogP contribution in [-0.4, -0.2) is 32.2 Å². The van der Waals surface area contributed by atoms with Gasteiger partial charge in [0.2, 0.25) is 0 Å². The van der Waals surface area contributed by atoms with Gasteiger partial charge < -0.3 is 5.73 Å². The molecule has 0 aromatic heterocycles. The fourth-order valence-electron chi connectivity index (χ4n) is 0.405. The summed E-state index contributed by atoms with van der Waals surface area (Å²) in [5.41, 5.74) is 5.01. The third kappa shape index (κ3) is 4.71. The molecule has 0 saturated carbocycles. The Labute approximate surface area is 65.9 Å². The van der Waals surface area contributed by atoms with Crippen molar-refractivity contribution < 1.29 is 8.42 Å². The Kier molecular flexibility index (Phi) is 3.43. The minimum Gasteiger partial charge on any atom is -0.388 e. The van der Waals surface area contributed by atoms with E-state index in [2.05, 4.69) is 0 Å². The van der Waals surface area contributed by atoms with Gasteiger partial charge in [0.15, 0.2) is 0 Å². The molecule has 7 heteroatoms. The van der Waals surface area contributed by atoms with E-state index >= 15 is 0 Å². The normalized spacial score (nSPS) is 11.9. The third-order valence-corrected chi connectivity index (χ3v) is 2.18. The highest BCUT2D eigenvalue weighted by atomic mass is 32.2. The van der Waals surface area contributed by atoms with E-state index in [4.69, 9.17) is 16.3 Å². The molecule has 0 atom stereocenters. The van der Waals surface area contributed by atoms with Crippen molar-refractivity contribution in [2.24, 2.45) is 10.9 Å². The highest BCUT2D eigenvalue weighted by Gasteiger charge is 2.10. The van der Waals surface area contributed by atoms with Crippen molar-refractivity contribution in [2.75, 3.05) is 13.6 Å². The summed E-state index contributed by atoms with van der Waals surface area (Å²) in [5.74, 6) is -0.0551. The number of amidine groups is 1. The minimum atomic E-state index is -3.62. The molecule has 0 unspecified atom stereocenters. The lowest BCUT2D eigenvalue weighted by molar-refractivity contribution is 0.479. The zero-order valence-electron chi connectivity index (χ0n) is 6.24. The fourth-order valence-corrected chi connectivity index (χ4v) is 0.751. The maximum atomic E-state index is 10.5. The predicted octanol–water partition coefficient (Wildman–Crippen LogP) is -1.55. The summed E-state index contributed by atoms with van der Waals surface area (Å²) in [6.07, 6.45) is 0.201. The Morgan fingerprint density at radius 3 is 2.36 bits per heavy atom. The van der Waals surface area contributed by atoms with Crippen LogP contribution in [0.2, 0.25) is 0 Å². The smallest absolute Gasteiger partial charge is 0.276 e. The van der Waals surface area contributed by atoms with Crippen molar-refractivity contribution in [3.05, 3.63) is 0 Å². The van der Waals surface area contributed by atoms with Crippen LogP contribution in [-0.2, 0) is 10.2 Å². The monoisotopic (exact) mass is 180 g/mol. The molecular formula is C4H12N4O2S. The predicted molar refractivity (Wildman–Crippen MR) is 42.3 cm³/mol. The summed E-state index contributed by atoms with van der Waals surface area (Å²) < 4.78 is 22.0. The van der Waals surface area contributed by atoms with E-state index in [1.165, 1.54) is 7.05 Å². The second kappa shape index (κ2) is 3.65. The zero-order chi connectivity index (χ0) is 9.07. The van der Waals surface area contributed by atoms with Gasteiger partial charge >= 0.3 is 0 Å². The van der Waals surface area contributed by atoms with Gasteiger partial charge in [0, 0.05) is 20.0 Å². The Balaban J connectivity index is 3.90. The highest BCUT2D eigenvalue weighted by Crippen LogP contribution is 1.90. The molecule has 0 aliphatic carbocycles. The molecule has 0 aliphatic heterocycles. The zero-order valence-corrected chi connectivity index (χ0v) is 7.06. The van der Waals surface area contributed by atoms with E-state index in [9.17, 15) is 8.42 Å². The molecule has 0 heterocycles. The Morgan fingerprint density at radius 1 is 1.64 bits per heavy atom. The van der Waals surface area contributed by atoms with Crippen molar-refractivity contribution >= 4 is 16.0 Å². The van der Waals surface area contributed by atoms with Crippen molar-refractivity contribution in [3.63, 3.8) is 0 Å². The van der Waals surface area contributed by atoms with Crippen LogP contribution >= 0.6 is 0 Å². The average Bonchev–Trinajstić information content (AvgIpc) is 1.80. The minimum absolute atomic E-state index is 0.0551. The second-order valence-corrected chi connectivity index (χ2v) is 3.80. The maximum absolute atomic E-state index is 10.5. The van der Waals surface area contributed by atoms with E-state index in [1.54, 1.807) is 0 Å². The van der Waals surface area contributed by atoms with Gasteiger partial charge in [0.05, 0.1) is 5.84 Å². The molecule has 0 amide bonds. The summed E-state index contributed by atoms with van der Waals surface area (Å²) >= 11 is 0. The summed E-state index contributed by atoms with van der Waals surface area (Å²) in [5, 5.41) is 11.6. The fraction of sp³-hybridized carbons (Fsp3) is 0.750. The summed E-state index contributed by atoms with van der Waals surface area (Å²) in [7, 11) is -2.29. The van der Waals surface area contributed by atoms with Gasteiger partial charge in [-0.25, -0.2) is 5.14 Å². The SMILES string of the molecule is CN(CCC(=N)N)S(N)(=O)=O. The molecular weight excluding hydrogens is 168 g/mol. The van der Waals surface area contributed by atoms with E-state index in [0.29, 0.717) is 0 Å². The molecule has 0 aromatic carbocycles. The standard InChI is InChI=1S/C4H12N4O2S/c1-8(11(7,9)10)3-2-4(5)6/h2-3H2,1H3,(H3,5,6)(H2,7,9,10). The number of hydrogen-bond donors (Lipinski definition) is 3. The molecule has 6 nitrogen and oxygen atoms in total. The third-order valence-electron chi connectivity index (χ3n) is 1.13. The first-order valence-corrected chi connectivity index (χ1v) is 4.41. The first-order chi connectivity index (χ1) is 4.84. The van der Waals surface area contributed by atoms with Crippen LogP contribution in [0.25, 0.3) is 0 Å². The second-order valence-electron chi connectivity index (χ2n) is 2.14. The lowest BCUT2D eigenvalue weighted by Gasteiger charge is -2.11. The molecule has 0 spiro atoms. The Morgan fingerprint density at radius 2 is 2.09 bits per heavy atom. The van der Waals surface area contributed by atoms with Gasteiger partial charge in [-0.3, -0.25) is 5.41 Å². The molecule has 0 aliphatic rings. The van der Waals surface area contributed by atoms with Gasteiger partial charge in [-0.05, 0) is 0 Å². The van der Waals surface area contributed by atoms with Gasteiger partial charge in [0.1, 0.15) is 0 Å². The molecule has 0 bridgehead atoms. The Hall–Kier alpha value is -0.660. The van der Waals surface area contributed by atoms with E-state index in [-0.39, 0.29) is 18.8 Å². The van der Waals surface area contributed by atoms with Gasteiger partial charge in [-0.15, -0.1) is 0 Å². The number of rotatable bonds is 4. The molecule has 0 aromatic rings. The van der Waals surface area contributed by atoms with Crippen molar-refractivity contribution in [1.29, 1.82) is 5.41 Å². The molecule has 66 valence electrons. The Bertz CT molecular complexity index is 234. The number of nitrogens with two attached hydrogens (primary N) is 2. The van der Waals surface area contributed by atoms with Gasteiger partial charge in [-0.2, -0.15) is 12.7 Å². The first kappa shape index (κ1) is 10.3. The molecule has 0 rings (SSSR count). The molecule has 0 saturated heterocycles. The largest absolute Gasteiger partial charge is 0.388 e. The highest BCUT2D eigenvalue weighted by molar-refractivity contribution is 7.86. The number of hydrogen-bond acceptors (Lipinski definition) is 3. The molecule has 0 fully saturated rings. The van der Waals surface area contributed by atoms with Crippen LogP contribution in [0.5, 0.6) is 0 Å². The lowest BCUT2D eigenvalue weighted by Crippen LogP contribution is -2.35. The molecule has 5 N–H and O–H groups in total. The lowest BCUT2D eigenvalue weighted by atomic mass is 10.4. The quantitative estimate of drug-likeness (QED) is 0.359. The van der Waals surface area contributed by atoms with Crippen LogP contribution in [0.1, 0.15) is 6.42 Å². The van der Waals surface area contributed by atoms with Crippen LogP contribution < -0.4 is 10.9 Å². The van der Waals surface area contributed by atoms with Crippen molar-refractivity contribution in [3.8, 4) is 0 Å². The summed E-state index contributed by atoms with van der Waals surface area (Å²) in [6, 6.07) is 0. The van der Waals surface area contributed by atoms with Crippen LogP contribution in [0, 0.1) is 5.41 Å². The number of nitrogens with zero attached hydrogens (tertiary/aromatic N) is 1. The van der Waals surface area contributed by atoms with Crippen molar-refractivity contribution in [1.82, 2.24) is 4.31 Å². The van der Waals surface area contributed by atoms with Gasteiger partial charge in [0.25, 0.3) is 10.2 Å². The van der Waals surface area contributed by atoms with E-state index < -0.39 is 10.2 Å². The maximum Gasteiger partial charge on any atom is 0.276 e. The van der Waals surface area contributed by atoms with Crippen LogP contribution in [0.4, 0.5) is 0 Å². The summed E-state index contributed by atoms with van der Waals surface area (Å²) in [6.45, 7) is 0.147. The van der Waals surface area contributed by atoms with E-state index in [1.807, 2.05) is 0 Å². The van der Waals surface area contributed by atoms with Crippen LogP contribution in [0.15, 0.2) is 0 Å². The van der Waals surface area contributed by atoms with E-state index in [0.717, 1.165) is 4.31 Å². The molecule has 0 radical (unpaired) electrons. The number of nitrogens with one attached hydrogen (secondary N) is 1. The van der Waals surface area contributed by atoms with Crippen LogP contribution in [0.3, 0.4) is 0 Å². The topological polar surface area (TPSA) is 113 Å². The van der Waals surface area contributed by atoms with Crippen molar-refractivity contribution in [2.45, 2.75) is 6.42 Å². The first-order valence-electron chi connectivity index (χ1n) is 2.91.